The van der Waals surface area contributed by atoms with Gasteiger partial charge in [-0.05, 0) is 25.2 Å². The molecule has 1 heterocycles. The van der Waals surface area contributed by atoms with Crippen LogP contribution in [0.4, 0.5) is 0 Å². The Bertz CT molecular complexity index is 435. The molecule has 16 heavy (non-hydrogen) atoms. The fourth-order valence-electron chi connectivity index (χ4n) is 1.69. The lowest BCUT2D eigenvalue weighted by atomic mass is 10.1. The van der Waals surface area contributed by atoms with Crippen molar-refractivity contribution in [2.75, 3.05) is 14.1 Å². The second kappa shape index (κ2) is 4.94. The highest BCUT2D eigenvalue weighted by molar-refractivity contribution is 5.26. The summed E-state index contributed by atoms with van der Waals surface area (Å²) in [5.41, 5.74) is 3.40. The minimum atomic E-state index is 0.776. The van der Waals surface area contributed by atoms with Crippen LogP contribution >= 0.6 is 0 Å². The molecule has 2 rings (SSSR count). The summed E-state index contributed by atoms with van der Waals surface area (Å²) in [6.07, 6.45) is 2.26. The van der Waals surface area contributed by atoms with Gasteiger partial charge in [0, 0.05) is 13.0 Å². The zero-order chi connectivity index (χ0) is 11.4. The zero-order valence-corrected chi connectivity index (χ0v) is 9.60. The standard InChI is InChI=1S/C13H15N2O/c1-15(2)10-12-5-3-4-11(8-12)9-13-6-7-16-14-13/h3-5,7-8H,9-10H2,1-2H3. The summed E-state index contributed by atoms with van der Waals surface area (Å²) in [5, 5.41) is 3.86. The van der Waals surface area contributed by atoms with Crippen molar-refractivity contribution in [2.45, 2.75) is 13.0 Å². The van der Waals surface area contributed by atoms with Gasteiger partial charge in [-0.3, -0.25) is 0 Å². The Kier molecular flexibility index (Phi) is 3.37. The number of hydrogen-bond donors (Lipinski definition) is 0. The molecule has 0 spiro atoms. The normalized spacial score (nSPS) is 10.9. The quantitative estimate of drug-likeness (QED) is 0.782. The summed E-state index contributed by atoms with van der Waals surface area (Å²) >= 11 is 0. The summed E-state index contributed by atoms with van der Waals surface area (Å²) in [5.74, 6) is 0. The Balaban J connectivity index is 2.10. The third kappa shape index (κ3) is 2.94. The molecule has 1 radical (unpaired) electrons. The lowest BCUT2D eigenvalue weighted by Gasteiger charge is -2.10. The topological polar surface area (TPSA) is 29.3 Å². The Labute approximate surface area is 95.7 Å². The molecule has 2 aromatic rings. The Hall–Kier alpha value is -1.61. The van der Waals surface area contributed by atoms with Crippen molar-refractivity contribution in [3.05, 3.63) is 53.4 Å². The number of hydrogen-bond acceptors (Lipinski definition) is 3. The summed E-state index contributed by atoms with van der Waals surface area (Å²) in [6, 6.07) is 11.5. The highest BCUT2D eigenvalue weighted by Crippen LogP contribution is 2.10. The monoisotopic (exact) mass is 215 g/mol. The van der Waals surface area contributed by atoms with Crippen LogP contribution in [0.15, 0.2) is 35.1 Å². The molecule has 0 aliphatic carbocycles. The zero-order valence-electron chi connectivity index (χ0n) is 9.60. The first-order valence-electron chi connectivity index (χ1n) is 5.27. The van der Waals surface area contributed by atoms with Gasteiger partial charge >= 0.3 is 0 Å². The van der Waals surface area contributed by atoms with E-state index < -0.39 is 0 Å². The molecule has 0 saturated carbocycles. The van der Waals surface area contributed by atoms with Gasteiger partial charge in [0.25, 0.3) is 0 Å². The van der Waals surface area contributed by atoms with E-state index in [-0.39, 0.29) is 0 Å². The predicted octanol–water partition coefficient (Wildman–Crippen LogP) is 2.13. The minimum absolute atomic E-state index is 0.776. The Morgan fingerprint density at radius 3 is 2.81 bits per heavy atom. The molecule has 0 N–H and O–H groups in total. The Morgan fingerprint density at radius 1 is 1.31 bits per heavy atom. The molecule has 3 nitrogen and oxygen atoms in total. The first-order valence-corrected chi connectivity index (χ1v) is 5.27. The fraction of sp³-hybridized carbons (Fsp3) is 0.308. The lowest BCUT2D eigenvalue weighted by Crippen LogP contribution is -2.10. The van der Waals surface area contributed by atoms with Gasteiger partial charge in [0.15, 0.2) is 0 Å². The lowest BCUT2D eigenvalue weighted by molar-refractivity contribution is 0.402. The van der Waals surface area contributed by atoms with Gasteiger partial charge in [0.1, 0.15) is 6.26 Å². The highest BCUT2D eigenvalue weighted by atomic mass is 16.5. The van der Waals surface area contributed by atoms with Crippen molar-refractivity contribution in [1.29, 1.82) is 0 Å². The second-order valence-corrected chi connectivity index (χ2v) is 4.14. The number of nitrogens with zero attached hydrogens (tertiary/aromatic N) is 2. The van der Waals surface area contributed by atoms with Crippen molar-refractivity contribution < 1.29 is 4.52 Å². The molecule has 1 aromatic heterocycles. The van der Waals surface area contributed by atoms with Crippen molar-refractivity contribution >= 4 is 0 Å². The third-order valence-corrected chi connectivity index (χ3v) is 2.30. The van der Waals surface area contributed by atoms with Crippen LogP contribution in [0.2, 0.25) is 0 Å². The molecular weight excluding hydrogens is 200 g/mol. The number of aromatic nitrogens is 1. The van der Waals surface area contributed by atoms with E-state index in [1.165, 1.54) is 17.4 Å². The second-order valence-electron chi connectivity index (χ2n) is 4.14. The van der Waals surface area contributed by atoms with E-state index in [1.54, 1.807) is 0 Å². The van der Waals surface area contributed by atoms with Gasteiger partial charge in [-0.15, -0.1) is 0 Å². The summed E-state index contributed by atoms with van der Waals surface area (Å²) in [7, 11) is 4.14. The summed E-state index contributed by atoms with van der Waals surface area (Å²) < 4.78 is 4.77. The van der Waals surface area contributed by atoms with Gasteiger partial charge in [-0.1, -0.05) is 29.4 Å². The molecule has 0 unspecified atom stereocenters. The molecule has 0 saturated heterocycles. The molecule has 0 aliphatic rings. The van der Waals surface area contributed by atoms with Gasteiger partial charge in [0.2, 0.25) is 0 Å². The van der Waals surface area contributed by atoms with E-state index in [4.69, 9.17) is 4.52 Å². The van der Waals surface area contributed by atoms with Crippen molar-refractivity contribution in [3.63, 3.8) is 0 Å². The third-order valence-electron chi connectivity index (χ3n) is 2.30. The maximum Gasteiger partial charge on any atom is 0.132 e. The molecule has 3 heteroatoms. The van der Waals surface area contributed by atoms with Gasteiger partial charge in [-0.25, -0.2) is 0 Å². The number of rotatable bonds is 4. The number of benzene rings is 1. The van der Waals surface area contributed by atoms with E-state index in [1.807, 2.05) is 0 Å². The Morgan fingerprint density at radius 2 is 2.12 bits per heavy atom. The van der Waals surface area contributed by atoms with Crippen LogP contribution in [0.25, 0.3) is 0 Å². The average Bonchev–Trinajstić information content (AvgIpc) is 2.70. The maximum absolute atomic E-state index is 4.77. The molecule has 0 fully saturated rings. The summed E-state index contributed by atoms with van der Waals surface area (Å²) in [6.45, 7) is 0.955. The average molecular weight is 215 g/mol. The molecule has 83 valence electrons. The van der Waals surface area contributed by atoms with E-state index in [0.717, 1.165) is 18.7 Å². The van der Waals surface area contributed by atoms with Crippen LogP contribution in [0.1, 0.15) is 16.8 Å². The largest absolute Gasteiger partial charge is 0.364 e. The molecule has 0 atom stereocenters. The first-order chi connectivity index (χ1) is 7.74. The maximum atomic E-state index is 4.77. The smallest absolute Gasteiger partial charge is 0.132 e. The van der Waals surface area contributed by atoms with E-state index in [9.17, 15) is 0 Å². The predicted molar refractivity (Wildman–Crippen MR) is 62.0 cm³/mol. The van der Waals surface area contributed by atoms with Crippen LogP contribution in [0.5, 0.6) is 0 Å². The molecule has 0 bridgehead atoms. The molecular formula is C13H15N2O. The van der Waals surface area contributed by atoms with Crippen molar-refractivity contribution in [3.8, 4) is 0 Å². The molecule has 1 aromatic carbocycles. The fourth-order valence-corrected chi connectivity index (χ4v) is 1.69. The van der Waals surface area contributed by atoms with Crippen molar-refractivity contribution in [1.82, 2.24) is 10.1 Å². The van der Waals surface area contributed by atoms with E-state index in [2.05, 4.69) is 54.5 Å². The molecule has 0 amide bonds. The SMILES string of the molecule is CN(C)Cc1cccc(Cc2[c]con2)c1. The van der Waals surface area contributed by atoms with E-state index in [0.29, 0.717) is 0 Å². The minimum Gasteiger partial charge on any atom is -0.364 e. The molecule has 0 aliphatic heterocycles. The van der Waals surface area contributed by atoms with Gasteiger partial charge in [-0.2, -0.15) is 0 Å². The van der Waals surface area contributed by atoms with Crippen LogP contribution < -0.4 is 0 Å². The van der Waals surface area contributed by atoms with E-state index >= 15 is 0 Å². The van der Waals surface area contributed by atoms with Crippen LogP contribution in [-0.2, 0) is 13.0 Å². The first kappa shape index (κ1) is 10.9. The van der Waals surface area contributed by atoms with Crippen molar-refractivity contribution in [2.24, 2.45) is 0 Å². The van der Waals surface area contributed by atoms with Crippen LogP contribution in [-0.4, -0.2) is 24.2 Å². The van der Waals surface area contributed by atoms with Gasteiger partial charge < -0.3 is 9.42 Å². The van der Waals surface area contributed by atoms with Crippen LogP contribution in [0.3, 0.4) is 0 Å². The van der Waals surface area contributed by atoms with Gasteiger partial charge in [0.05, 0.1) is 11.8 Å². The highest BCUT2D eigenvalue weighted by Gasteiger charge is 2.01. The van der Waals surface area contributed by atoms with Crippen LogP contribution in [0, 0.1) is 6.07 Å². The summed E-state index contributed by atoms with van der Waals surface area (Å²) in [4.78, 5) is 2.15.